The van der Waals surface area contributed by atoms with Crippen molar-refractivity contribution in [2.24, 2.45) is 0 Å². The Bertz CT molecular complexity index is 776. The molecule has 1 amide bonds. The molecule has 3 rings (SSSR count). The lowest BCUT2D eigenvalue weighted by Gasteiger charge is -1.90. The second-order valence-corrected chi connectivity index (χ2v) is 4.49. The highest BCUT2D eigenvalue weighted by atomic mass is 16.4. The molecule has 2 N–H and O–H groups in total. The van der Waals surface area contributed by atoms with Crippen LogP contribution in [0.15, 0.2) is 46.9 Å². The summed E-state index contributed by atoms with van der Waals surface area (Å²) in [7, 11) is 0. The zero-order chi connectivity index (χ0) is 15.2. The summed E-state index contributed by atoms with van der Waals surface area (Å²) in [6, 6.07) is 14.5. The van der Waals surface area contributed by atoms with Gasteiger partial charge in [-0.25, -0.2) is 0 Å². The molecule has 0 unspecified atom stereocenters. The topological polar surface area (TPSA) is 79.5 Å². The monoisotopic (exact) mass is 285 g/mol. The van der Waals surface area contributed by atoms with Crippen LogP contribution in [0.4, 0.5) is 0 Å². The van der Waals surface area contributed by atoms with Gasteiger partial charge < -0.3 is 14.8 Å². The lowest BCUT2D eigenvalue weighted by molar-refractivity contribution is -0.136. The molecule has 0 aliphatic rings. The molecule has 0 aliphatic heterocycles. The molecule has 21 heavy (non-hydrogen) atoms. The van der Waals surface area contributed by atoms with Gasteiger partial charge >= 0.3 is 5.97 Å². The fourth-order valence-electron chi connectivity index (χ4n) is 1.96. The van der Waals surface area contributed by atoms with E-state index in [9.17, 15) is 9.59 Å². The number of carboxylic acid groups (broad SMARTS) is 1. The number of carbonyl (C=O) groups is 2. The molecule has 0 atom stereocenters. The number of aliphatic carboxylic acids is 1. The SMILES string of the molecule is Cc1ccc2c(c1)oc1ccccc12.O=CNCC(=O)O. The molecule has 5 heteroatoms. The number of aryl methyl sites for hydroxylation is 1. The molecule has 0 spiro atoms. The number of amides is 1. The maximum atomic E-state index is 9.54. The number of para-hydroxylation sites is 1. The molecular weight excluding hydrogens is 270 g/mol. The number of carboxylic acids is 1. The number of hydrogen-bond donors (Lipinski definition) is 2. The van der Waals surface area contributed by atoms with Crippen molar-refractivity contribution >= 4 is 34.3 Å². The van der Waals surface area contributed by atoms with E-state index in [-0.39, 0.29) is 6.54 Å². The zero-order valence-electron chi connectivity index (χ0n) is 11.5. The van der Waals surface area contributed by atoms with Crippen LogP contribution < -0.4 is 5.32 Å². The van der Waals surface area contributed by atoms with E-state index in [2.05, 4.69) is 31.2 Å². The van der Waals surface area contributed by atoms with Crippen molar-refractivity contribution in [2.45, 2.75) is 6.92 Å². The number of carbonyl (C=O) groups excluding carboxylic acids is 1. The van der Waals surface area contributed by atoms with Gasteiger partial charge in [0.05, 0.1) is 0 Å². The second kappa shape index (κ2) is 6.56. The third-order valence-electron chi connectivity index (χ3n) is 2.87. The Kier molecular flexibility index (Phi) is 4.56. The first-order chi connectivity index (χ1) is 10.1. The summed E-state index contributed by atoms with van der Waals surface area (Å²) in [4.78, 5) is 18.9. The molecular formula is C16H15NO4. The normalized spacial score (nSPS) is 9.95. The van der Waals surface area contributed by atoms with Crippen molar-refractivity contribution < 1.29 is 19.1 Å². The summed E-state index contributed by atoms with van der Waals surface area (Å²) in [5.74, 6) is -1.04. The Labute approximate surface area is 121 Å². The Balaban J connectivity index is 0.000000199. The van der Waals surface area contributed by atoms with E-state index in [1.54, 1.807) is 0 Å². The van der Waals surface area contributed by atoms with Crippen molar-refractivity contribution in [2.75, 3.05) is 6.54 Å². The van der Waals surface area contributed by atoms with E-state index < -0.39 is 5.97 Å². The van der Waals surface area contributed by atoms with Crippen molar-refractivity contribution in [3.8, 4) is 0 Å². The molecule has 0 fully saturated rings. The average molecular weight is 285 g/mol. The lowest BCUT2D eigenvalue weighted by atomic mass is 10.1. The van der Waals surface area contributed by atoms with Crippen LogP contribution in [0.1, 0.15) is 5.56 Å². The molecule has 0 aliphatic carbocycles. The summed E-state index contributed by atoms with van der Waals surface area (Å²) in [6.45, 7) is 1.77. The van der Waals surface area contributed by atoms with Crippen LogP contribution in [0, 0.1) is 6.92 Å². The third-order valence-corrected chi connectivity index (χ3v) is 2.87. The van der Waals surface area contributed by atoms with Gasteiger partial charge in [0.2, 0.25) is 6.41 Å². The smallest absolute Gasteiger partial charge is 0.322 e. The van der Waals surface area contributed by atoms with Gasteiger partial charge in [-0.15, -0.1) is 0 Å². The first-order valence-corrected chi connectivity index (χ1v) is 6.38. The van der Waals surface area contributed by atoms with Crippen molar-refractivity contribution in [3.63, 3.8) is 0 Å². The number of hydrogen-bond acceptors (Lipinski definition) is 3. The lowest BCUT2D eigenvalue weighted by Crippen LogP contribution is -2.20. The van der Waals surface area contributed by atoms with Crippen LogP contribution in [0.2, 0.25) is 0 Å². The predicted octanol–water partition coefficient (Wildman–Crippen LogP) is 2.71. The van der Waals surface area contributed by atoms with Gasteiger partial charge in [0, 0.05) is 10.8 Å². The van der Waals surface area contributed by atoms with Crippen molar-refractivity contribution in [3.05, 3.63) is 48.0 Å². The van der Waals surface area contributed by atoms with Gasteiger partial charge in [-0.3, -0.25) is 9.59 Å². The first kappa shape index (κ1) is 14.6. The molecule has 108 valence electrons. The second-order valence-electron chi connectivity index (χ2n) is 4.49. The number of nitrogens with one attached hydrogen (secondary N) is 1. The van der Waals surface area contributed by atoms with Crippen LogP contribution in [0.5, 0.6) is 0 Å². The highest BCUT2D eigenvalue weighted by Crippen LogP contribution is 2.28. The molecule has 0 bridgehead atoms. The third kappa shape index (κ3) is 3.60. The largest absolute Gasteiger partial charge is 0.480 e. The minimum absolute atomic E-state index is 0.302. The van der Waals surface area contributed by atoms with E-state index in [4.69, 9.17) is 9.52 Å². The van der Waals surface area contributed by atoms with Crippen LogP contribution in [-0.2, 0) is 9.59 Å². The Morgan fingerprint density at radius 1 is 1.19 bits per heavy atom. The number of fused-ring (bicyclic) bond motifs is 3. The molecule has 0 saturated heterocycles. The van der Waals surface area contributed by atoms with Crippen LogP contribution in [-0.4, -0.2) is 24.0 Å². The van der Waals surface area contributed by atoms with Gasteiger partial charge in [-0.05, 0) is 24.6 Å². The maximum Gasteiger partial charge on any atom is 0.322 e. The summed E-state index contributed by atoms with van der Waals surface area (Å²) in [5.41, 5.74) is 3.18. The van der Waals surface area contributed by atoms with Gasteiger partial charge in [0.1, 0.15) is 17.7 Å². The number of furan rings is 1. The Morgan fingerprint density at radius 3 is 2.57 bits per heavy atom. The summed E-state index contributed by atoms with van der Waals surface area (Å²) >= 11 is 0. The fourth-order valence-corrected chi connectivity index (χ4v) is 1.96. The van der Waals surface area contributed by atoms with Gasteiger partial charge in [-0.2, -0.15) is 0 Å². The maximum absolute atomic E-state index is 9.54. The van der Waals surface area contributed by atoms with Gasteiger partial charge in [-0.1, -0.05) is 30.3 Å². The molecule has 5 nitrogen and oxygen atoms in total. The van der Waals surface area contributed by atoms with E-state index >= 15 is 0 Å². The predicted molar refractivity (Wildman–Crippen MR) is 80.2 cm³/mol. The van der Waals surface area contributed by atoms with E-state index in [0.717, 1.165) is 11.2 Å². The van der Waals surface area contributed by atoms with E-state index in [1.165, 1.54) is 16.3 Å². The first-order valence-electron chi connectivity index (χ1n) is 6.38. The minimum Gasteiger partial charge on any atom is -0.480 e. The van der Waals surface area contributed by atoms with Crippen molar-refractivity contribution in [1.29, 1.82) is 0 Å². The summed E-state index contributed by atoms with van der Waals surface area (Å²) in [5, 5.41) is 12.2. The van der Waals surface area contributed by atoms with Gasteiger partial charge in [0.25, 0.3) is 0 Å². The molecule has 1 aromatic heterocycles. The molecule has 1 heterocycles. The highest BCUT2D eigenvalue weighted by Gasteiger charge is 2.04. The summed E-state index contributed by atoms with van der Waals surface area (Å²) in [6.07, 6.45) is 0.341. The van der Waals surface area contributed by atoms with E-state index in [0.29, 0.717) is 6.41 Å². The molecule has 3 aromatic rings. The van der Waals surface area contributed by atoms with E-state index in [1.807, 2.05) is 23.5 Å². The van der Waals surface area contributed by atoms with Gasteiger partial charge in [0.15, 0.2) is 0 Å². The van der Waals surface area contributed by atoms with Crippen molar-refractivity contribution in [1.82, 2.24) is 5.32 Å². The number of benzene rings is 2. The average Bonchev–Trinajstić information content (AvgIpc) is 2.83. The van der Waals surface area contributed by atoms with Crippen LogP contribution >= 0.6 is 0 Å². The molecule has 0 saturated carbocycles. The summed E-state index contributed by atoms with van der Waals surface area (Å²) < 4.78 is 5.73. The quantitative estimate of drug-likeness (QED) is 0.725. The highest BCUT2D eigenvalue weighted by molar-refractivity contribution is 6.04. The van der Waals surface area contributed by atoms with Crippen LogP contribution in [0.25, 0.3) is 21.9 Å². The number of rotatable bonds is 3. The zero-order valence-corrected chi connectivity index (χ0v) is 11.5. The molecule has 0 radical (unpaired) electrons. The molecule has 2 aromatic carbocycles. The standard InChI is InChI=1S/C13H10O.C3H5NO3/c1-9-6-7-11-10-4-2-3-5-12(10)14-13(11)8-9;5-2-4-1-3(6)7/h2-8H,1H3;2H,1H2,(H,4,5)(H,6,7). The fraction of sp³-hybridized carbons (Fsp3) is 0.125. The minimum atomic E-state index is -1.04. The Hall–Kier alpha value is -2.82. The van der Waals surface area contributed by atoms with Crippen LogP contribution in [0.3, 0.4) is 0 Å². The Morgan fingerprint density at radius 2 is 1.90 bits per heavy atom.